The molecule has 30 heavy (non-hydrogen) atoms. The fraction of sp³-hybridized carbons (Fsp3) is 0.737. The molecular formula is C19H35N5O6. The number of carboxylic acids is 1. The Bertz CT molecular complexity index is 637. The molecule has 0 fully saturated rings. The minimum absolute atomic E-state index is 0.119. The molecule has 0 spiro atoms. The summed E-state index contributed by atoms with van der Waals surface area (Å²) in [5.74, 6) is -4.50. The molecule has 0 aliphatic rings. The van der Waals surface area contributed by atoms with Crippen molar-refractivity contribution in [3.63, 3.8) is 0 Å². The molecule has 5 unspecified atom stereocenters. The van der Waals surface area contributed by atoms with Gasteiger partial charge in [-0.15, -0.1) is 0 Å². The van der Waals surface area contributed by atoms with E-state index in [1.807, 2.05) is 6.92 Å². The van der Waals surface area contributed by atoms with E-state index in [4.69, 9.17) is 11.5 Å². The molecule has 0 radical (unpaired) electrons. The maximum Gasteiger partial charge on any atom is 0.326 e. The predicted molar refractivity (Wildman–Crippen MR) is 110 cm³/mol. The number of carbonyl (C=O) groups is 5. The highest BCUT2D eigenvalue weighted by Gasteiger charge is 2.32. The second-order valence-corrected chi connectivity index (χ2v) is 7.80. The van der Waals surface area contributed by atoms with Gasteiger partial charge in [0.1, 0.15) is 18.1 Å². The first-order valence-electron chi connectivity index (χ1n) is 9.99. The maximum atomic E-state index is 12.8. The van der Waals surface area contributed by atoms with Crippen LogP contribution in [-0.2, 0) is 24.0 Å². The summed E-state index contributed by atoms with van der Waals surface area (Å²) in [6.45, 7) is 8.31. The molecule has 0 bridgehead atoms. The zero-order valence-electron chi connectivity index (χ0n) is 18.2. The Hall–Kier alpha value is -2.69. The molecule has 0 aromatic heterocycles. The molecule has 0 rings (SSSR count). The van der Waals surface area contributed by atoms with Crippen molar-refractivity contribution in [3.8, 4) is 0 Å². The number of hydrogen-bond donors (Lipinski definition) is 6. The van der Waals surface area contributed by atoms with Crippen LogP contribution in [0.25, 0.3) is 0 Å². The van der Waals surface area contributed by atoms with Crippen molar-refractivity contribution in [3.05, 3.63) is 0 Å². The third-order valence-corrected chi connectivity index (χ3v) is 4.75. The highest BCUT2D eigenvalue weighted by molar-refractivity contribution is 5.94. The Morgan fingerprint density at radius 3 is 1.80 bits per heavy atom. The van der Waals surface area contributed by atoms with Crippen LogP contribution in [0.2, 0.25) is 0 Å². The lowest BCUT2D eigenvalue weighted by molar-refractivity contribution is -0.143. The second-order valence-electron chi connectivity index (χ2n) is 7.80. The SMILES string of the molecule is CCC(C)C(NC(=O)C(C)N)C(=O)NC(CCC(N)=O)C(=O)NC(C(=O)O)C(C)C. The number of rotatable bonds is 13. The third-order valence-electron chi connectivity index (χ3n) is 4.75. The van der Waals surface area contributed by atoms with Gasteiger partial charge in [-0.3, -0.25) is 19.2 Å². The minimum Gasteiger partial charge on any atom is -0.480 e. The molecule has 0 saturated carbocycles. The lowest BCUT2D eigenvalue weighted by Crippen LogP contribution is -2.58. The third kappa shape index (κ3) is 9.21. The summed E-state index contributed by atoms with van der Waals surface area (Å²) in [5, 5.41) is 16.7. The van der Waals surface area contributed by atoms with Crippen molar-refractivity contribution < 1.29 is 29.1 Å². The van der Waals surface area contributed by atoms with Gasteiger partial charge in [0.2, 0.25) is 23.6 Å². The molecule has 8 N–H and O–H groups in total. The fourth-order valence-corrected chi connectivity index (χ4v) is 2.57. The standard InChI is InChI=1S/C19H35N5O6/c1-6-10(4)15(24-16(26)11(5)20)18(28)22-12(7-8-13(21)25)17(27)23-14(9(2)3)19(29)30/h9-12,14-15H,6-8,20H2,1-5H3,(H2,21,25)(H,22,28)(H,23,27)(H,24,26)(H,29,30). The Balaban J connectivity index is 5.55. The first kappa shape index (κ1) is 27.3. The number of carboxylic acid groups (broad SMARTS) is 1. The zero-order valence-corrected chi connectivity index (χ0v) is 18.2. The fourth-order valence-electron chi connectivity index (χ4n) is 2.57. The molecule has 4 amide bonds. The van der Waals surface area contributed by atoms with E-state index in [0.717, 1.165) is 0 Å². The normalized spacial score (nSPS) is 16.0. The summed E-state index contributed by atoms with van der Waals surface area (Å²) < 4.78 is 0. The molecule has 11 nitrogen and oxygen atoms in total. The highest BCUT2D eigenvalue weighted by Crippen LogP contribution is 2.10. The van der Waals surface area contributed by atoms with Gasteiger partial charge < -0.3 is 32.5 Å². The Morgan fingerprint density at radius 1 is 0.867 bits per heavy atom. The Morgan fingerprint density at radius 2 is 1.40 bits per heavy atom. The maximum absolute atomic E-state index is 12.8. The molecule has 0 aromatic carbocycles. The Labute approximate surface area is 176 Å². The highest BCUT2D eigenvalue weighted by atomic mass is 16.4. The number of hydrogen-bond acceptors (Lipinski definition) is 6. The van der Waals surface area contributed by atoms with Crippen molar-refractivity contribution in [1.29, 1.82) is 0 Å². The molecule has 0 heterocycles. The van der Waals surface area contributed by atoms with Crippen molar-refractivity contribution in [1.82, 2.24) is 16.0 Å². The average molecular weight is 430 g/mol. The number of nitrogens with two attached hydrogens (primary N) is 2. The Kier molecular flexibility index (Phi) is 11.6. The van der Waals surface area contributed by atoms with Crippen molar-refractivity contribution in [2.24, 2.45) is 23.3 Å². The van der Waals surface area contributed by atoms with E-state index in [1.54, 1.807) is 20.8 Å². The van der Waals surface area contributed by atoms with E-state index in [9.17, 15) is 29.1 Å². The number of primary amides is 1. The van der Waals surface area contributed by atoms with Crippen LogP contribution in [0.5, 0.6) is 0 Å². The van der Waals surface area contributed by atoms with Gasteiger partial charge in [-0.2, -0.15) is 0 Å². The first-order chi connectivity index (χ1) is 13.8. The van der Waals surface area contributed by atoms with E-state index in [-0.39, 0.29) is 18.8 Å². The van der Waals surface area contributed by atoms with Gasteiger partial charge in [-0.1, -0.05) is 34.1 Å². The number of nitrogens with one attached hydrogen (secondary N) is 3. The van der Waals surface area contributed by atoms with Crippen LogP contribution in [0.4, 0.5) is 0 Å². The summed E-state index contributed by atoms with van der Waals surface area (Å²) in [7, 11) is 0. The molecule has 5 atom stereocenters. The topological polar surface area (TPSA) is 194 Å². The summed E-state index contributed by atoms with van der Waals surface area (Å²) in [6, 6.07) is -4.17. The van der Waals surface area contributed by atoms with Crippen LogP contribution in [0, 0.1) is 11.8 Å². The average Bonchev–Trinajstić information content (AvgIpc) is 2.65. The largest absolute Gasteiger partial charge is 0.480 e. The van der Waals surface area contributed by atoms with E-state index in [1.165, 1.54) is 6.92 Å². The van der Waals surface area contributed by atoms with Gasteiger partial charge in [0.05, 0.1) is 6.04 Å². The first-order valence-corrected chi connectivity index (χ1v) is 9.99. The van der Waals surface area contributed by atoms with Crippen LogP contribution in [0.15, 0.2) is 0 Å². The van der Waals surface area contributed by atoms with Crippen molar-refractivity contribution >= 4 is 29.6 Å². The molecular weight excluding hydrogens is 394 g/mol. The monoisotopic (exact) mass is 429 g/mol. The van der Waals surface area contributed by atoms with Gasteiger partial charge in [0.25, 0.3) is 0 Å². The number of carbonyl (C=O) groups excluding carboxylic acids is 4. The molecule has 172 valence electrons. The summed E-state index contributed by atoms with van der Waals surface area (Å²) in [6.07, 6.45) is 0.244. The smallest absolute Gasteiger partial charge is 0.326 e. The summed E-state index contributed by atoms with van der Waals surface area (Å²) in [4.78, 5) is 60.0. The lowest BCUT2D eigenvalue weighted by Gasteiger charge is -2.28. The number of amides is 4. The van der Waals surface area contributed by atoms with Gasteiger partial charge in [-0.05, 0) is 25.2 Å². The van der Waals surface area contributed by atoms with Crippen LogP contribution < -0.4 is 27.4 Å². The van der Waals surface area contributed by atoms with E-state index in [2.05, 4.69) is 16.0 Å². The predicted octanol–water partition coefficient (Wildman–Crippen LogP) is -1.16. The van der Waals surface area contributed by atoms with Crippen LogP contribution in [0.3, 0.4) is 0 Å². The molecule has 0 saturated heterocycles. The lowest BCUT2D eigenvalue weighted by atomic mass is 9.97. The van der Waals surface area contributed by atoms with Crippen molar-refractivity contribution in [2.75, 3.05) is 0 Å². The quantitative estimate of drug-likeness (QED) is 0.212. The van der Waals surface area contributed by atoms with Gasteiger partial charge in [0.15, 0.2) is 0 Å². The van der Waals surface area contributed by atoms with Crippen LogP contribution in [0.1, 0.15) is 53.9 Å². The van der Waals surface area contributed by atoms with Crippen molar-refractivity contribution in [2.45, 2.75) is 78.0 Å². The van der Waals surface area contributed by atoms with Crippen LogP contribution in [-0.4, -0.2) is 58.9 Å². The van der Waals surface area contributed by atoms with E-state index in [0.29, 0.717) is 6.42 Å². The molecule has 0 aliphatic carbocycles. The molecule has 11 heteroatoms. The molecule has 0 aromatic rings. The van der Waals surface area contributed by atoms with E-state index < -0.39 is 59.7 Å². The summed E-state index contributed by atoms with van der Waals surface area (Å²) in [5.41, 5.74) is 10.7. The second kappa shape index (κ2) is 12.8. The zero-order chi connectivity index (χ0) is 23.6. The summed E-state index contributed by atoms with van der Waals surface area (Å²) >= 11 is 0. The molecule has 0 aliphatic heterocycles. The van der Waals surface area contributed by atoms with Gasteiger partial charge >= 0.3 is 5.97 Å². The van der Waals surface area contributed by atoms with Crippen LogP contribution >= 0.6 is 0 Å². The minimum atomic E-state index is -1.22. The van der Waals surface area contributed by atoms with Gasteiger partial charge in [-0.25, -0.2) is 4.79 Å². The van der Waals surface area contributed by atoms with E-state index >= 15 is 0 Å². The van der Waals surface area contributed by atoms with Gasteiger partial charge in [0, 0.05) is 6.42 Å². The number of aliphatic carboxylic acids is 1.